The number of unbranched alkanes of at least 4 members (excludes halogenated alkanes) is 19. The van der Waals surface area contributed by atoms with Crippen molar-refractivity contribution >= 4 is 11.9 Å². The summed E-state index contributed by atoms with van der Waals surface area (Å²) in [6.45, 7) is 2.51. The van der Waals surface area contributed by atoms with Crippen LogP contribution in [0.5, 0.6) is 0 Å². The third-order valence-electron chi connectivity index (χ3n) is 6.03. The number of esters is 1. The number of rotatable bonds is 25. The molecule has 0 atom stereocenters. The molecule has 31 heavy (non-hydrogen) atoms. The summed E-state index contributed by atoms with van der Waals surface area (Å²) in [6.07, 6.45) is 27.9. The smallest absolute Gasteiger partial charge is 0.305 e. The zero-order chi connectivity index (χ0) is 22.8. The van der Waals surface area contributed by atoms with E-state index in [9.17, 15) is 9.59 Å². The molecule has 0 aromatic rings. The summed E-state index contributed by atoms with van der Waals surface area (Å²) in [6, 6.07) is 0. The minimum absolute atomic E-state index is 0.0621. The average molecular weight is 441 g/mol. The molecular formula is C27H52O4. The third kappa shape index (κ3) is 26.9. The van der Waals surface area contributed by atoms with Gasteiger partial charge in [0.05, 0.1) is 6.61 Å². The lowest BCUT2D eigenvalue weighted by molar-refractivity contribution is -0.145. The molecule has 0 radical (unpaired) electrons. The molecule has 184 valence electrons. The van der Waals surface area contributed by atoms with Gasteiger partial charge in [-0.2, -0.15) is 0 Å². The van der Waals surface area contributed by atoms with Crippen molar-refractivity contribution in [3.63, 3.8) is 0 Å². The van der Waals surface area contributed by atoms with Crippen molar-refractivity contribution in [1.29, 1.82) is 0 Å². The molecule has 0 aromatic heterocycles. The van der Waals surface area contributed by atoms with Gasteiger partial charge in [0, 0.05) is 12.8 Å². The fraction of sp³-hybridized carbons (Fsp3) is 0.926. The molecule has 0 bridgehead atoms. The van der Waals surface area contributed by atoms with Gasteiger partial charge in [-0.05, 0) is 12.8 Å². The minimum Gasteiger partial charge on any atom is -0.481 e. The predicted molar refractivity (Wildman–Crippen MR) is 130 cm³/mol. The summed E-state index contributed by atoms with van der Waals surface area (Å²) in [7, 11) is 0. The van der Waals surface area contributed by atoms with Crippen LogP contribution in [0.2, 0.25) is 0 Å². The molecule has 0 aromatic carbocycles. The van der Waals surface area contributed by atoms with E-state index in [2.05, 4.69) is 6.92 Å². The van der Waals surface area contributed by atoms with Crippen LogP contribution in [0.3, 0.4) is 0 Å². The summed E-state index contributed by atoms with van der Waals surface area (Å²) in [5.74, 6) is -1.03. The van der Waals surface area contributed by atoms with E-state index in [-0.39, 0.29) is 19.0 Å². The number of aliphatic carboxylic acids is 1. The maximum absolute atomic E-state index is 11.5. The molecule has 0 saturated heterocycles. The zero-order valence-corrected chi connectivity index (χ0v) is 20.6. The molecule has 0 saturated carbocycles. The average Bonchev–Trinajstić information content (AvgIpc) is 2.75. The van der Waals surface area contributed by atoms with Crippen LogP contribution in [0, 0.1) is 0 Å². The number of carboxylic acid groups (broad SMARTS) is 1. The Bertz CT molecular complexity index is 395. The molecule has 0 fully saturated rings. The van der Waals surface area contributed by atoms with E-state index in [0.29, 0.717) is 12.8 Å². The highest BCUT2D eigenvalue weighted by Gasteiger charge is 2.03. The molecule has 0 aliphatic rings. The Kier molecular flexibility index (Phi) is 24.3. The van der Waals surface area contributed by atoms with Crippen LogP contribution in [0.1, 0.15) is 155 Å². The maximum Gasteiger partial charge on any atom is 0.305 e. The van der Waals surface area contributed by atoms with Crippen molar-refractivity contribution in [1.82, 2.24) is 0 Å². The van der Waals surface area contributed by atoms with Crippen LogP contribution in [0.4, 0.5) is 0 Å². The molecule has 0 spiro atoms. The Labute approximate surface area is 192 Å². The van der Waals surface area contributed by atoms with Crippen LogP contribution in [-0.2, 0) is 14.3 Å². The molecule has 4 nitrogen and oxygen atoms in total. The number of hydrogen-bond acceptors (Lipinski definition) is 3. The Balaban J connectivity index is 3.10. The van der Waals surface area contributed by atoms with E-state index >= 15 is 0 Å². The Morgan fingerprint density at radius 1 is 0.516 bits per heavy atom. The van der Waals surface area contributed by atoms with Crippen LogP contribution in [0.15, 0.2) is 0 Å². The normalized spacial score (nSPS) is 11.0. The highest BCUT2D eigenvalue weighted by Crippen LogP contribution is 2.15. The van der Waals surface area contributed by atoms with E-state index in [1.54, 1.807) is 0 Å². The molecule has 4 heteroatoms. The SMILES string of the molecule is CCCCCCCCCCCCCCCCCCCCCCC(=O)OCCCC(=O)O. The summed E-state index contributed by atoms with van der Waals surface area (Å²) in [5, 5.41) is 8.52. The predicted octanol–water partition coefficient (Wildman–Crippen LogP) is 8.61. The monoisotopic (exact) mass is 440 g/mol. The van der Waals surface area contributed by atoms with Crippen molar-refractivity contribution in [2.24, 2.45) is 0 Å². The van der Waals surface area contributed by atoms with Gasteiger partial charge in [-0.3, -0.25) is 9.59 Å². The second kappa shape index (κ2) is 25.2. The maximum atomic E-state index is 11.5. The molecule has 0 rings (SSSR count). The molecule has 0 unspecified atom stereocenters. The standard InChI is InChI=1S/C27H52O4/c1-2-3-4-5-6-7-8-9-10-11-12-13-14-15-16-17-18-19-20-21-24-27(30)31-25-22-23-26(28)29/h2-25H2,1H3,(H,28,29). The number of carboxylic acids is 1. The summed E-state index contributed by atoms with van der Waals surface area (Å²) < 4.78 is 5.03. The van der Waals surface area contributed by atoms with E-state index in [1.165, 1.54) is 116 Å². The van der Waals surface area contributed by atoms with Crippen molar-refractivity contribution in [3.05, 3.63) is 0 Å². The van der Waals surface area contributed by atoms with Crippen LogP contribution < -0.4 is 0 Å². The first kappa shape index (κ1) is 29.9. The van der Waals surface area contributed by atoms with Crippen molar-refractivity contribution in [3.8, 4) is 0 Å². The summed E-state index contributed by atoms with van der Waals surface area (Å²) in [5.41, 5.74) is 0. The highest BCUT2D eigenvalue weighted by molar-refractivity contribution is 5.69. The Morgan fingerprint density at radius 3 is 1.23 bits per heavy atom. The second-order valence-corrected chi connectivity index (χ2v) is 9.19. The third-order valence-corrected chi connectivity index (χ3v) is 6.03. The topological polar surface area (TPSA) is 63.6 Å². The molecule has 1 N–H and O–H groups in total. The summed E-state index contributed by atoms with van der Waals surface area (Å²) >= 11 is 0. The van der Waals surface area contributed by atoms with Crippen LogP contribution >= 0.6 is 0 Å². The van der Waals surface area contributed by atoms with Gasteiger partial charge in [-0.1, -0.05) is 129 Å². The van der Waals surface area contributed by atoms with Gasteiger partial charge in [-0.15, -0.1) is 0 Å². The van der Waals surface area contributed by atoms with E-state index in [1.807, 2.05) is 0 Å². The van der Waals surface area contributed by atoms with Gasteiger partial charge in [0.15, 0.2) is 0 Å². The molecule has 0 aliphatic heterocycles. The second-order valence-electron chi connectivity index (χ2n) is 9.19. The number of carbonyl (C=O) groups excluding carboxylic acids is 1. The largest absolute Gasteiger partial charge is 0.481 e. The van der Waals surface area contributed by atoms with E-state index in [4.69, 9.17) is 9.84 Å². The van der Waals surface area contributed by atoms with Gasteiger partial charge in [0.2, 0.25) is 0 Å². The molecular weight excluding hydrogens is 388 g/mol. The first-order chi connectivity index (χ1) is 15.2. The van der Waals surface area contributed by atoms with Gasteiger partial charge in [0.25, 0.3) is 0 Å². The lowest BCUT2D eigenvalue weighted by Gasteiger charge is -2.05. The fourth-order valence-corrected chi connectivity index (χ4v) is 4.01. The quantitative estimate of drug-likeness (QED) is 0.114. The van der Waals surface area contributed by atoms with Gasteiger partial charge in [-0.25, -0.2) is 0 Å². The van der Waals surface area contributed by atoms with Crippen LogP contribution in [-0.4, -0.2) is 23.7 Å². The molecule has 0 amide bonds. The Morgan fingerprint density at radius 2 is 0.871 bits per heavy atom. The number of hydrogen-bond donors (Lipinski definition) is 1. The van der Waals surface area contributed by atoms with Crippen molar-refractivity contribution < 1.29 is 19.4 Å². The van der Waals surface area contributed by atoms with Crippen molar-refractivity contribution in [2.45, 2.75) is 155 Å². The van der Waals surface area contributed by atoms with Gasteiger partial charge in [0.1, 0.15) is 0 Å². The van der Waals surface area contributed by atoms with E-state index in [0.717, 1.165) is 12.8 Å². The molecule has 0 heterocycles. The lowest BCUT2D eigenvalue weighted by Crippen LogP contribution is -2.07. The van der Waals surface area contributed by atoms with Crippen molar-refractivity contribution in [2.75, 3.05) is 6.61 Å². The van der Waals surface area contributed by atoms with Crippen LogP contribution in [0.25, 0.3) is 0 Å². The highest BCUT2D eigenvalue weighted by atomic mass is 16.5. The first-order valence-corrected chi connectivity index (χ1v) is 13.5. The summed E-state index contributed by atoms with van der Waals surface area (Å²) in [4.78, 5) is 21.9. The lowest BCUT2D eigenvalue weighted by atomic mass is 10.0. The molecule has 0 aliphatic carbocycles. The minimum atomic E-state index is -0.842. The number of carbonyl (C=O) groups is 2. The van der Waals surface area contributed by atoms with Gasteiger partial charge < -0.3 is 9.84 Å². The Hall–Kier alpha value is -1.06. The zero-order valence-electron chi connectivity index (χ0n) is 20.6. The number of ether oxygens (including phenoxy) is 1. The van der Waals surface area contributed by atoms with Gasteiger partial charge >= 0.3 is 11.9 Å². The van der Waals surface area contributed by atoms with E-state index < -0.39 is 5.97 Å². The fourth-order valence-electron chi connectivity index (χ4n) is 4.01. The first-order valence-electron chi connectivity index (χ1n) is 13.5.